The average molecular weight is 258 g/mol. The lowest BCUT2D eigenvalue weighted by molar-refractivity contribution is -0.148. The van der Waals surface area contributed by atoms with E-state index in [9.17, 15) is 4.79 Å². The summed E-state index contributed by atoms with van der Waals surface area (Å²) in [4.78, 5) is 14.1. The number of carbonyl (C=O) groups is 1. The maximum Gasteiger partial charge on any atom is 0.325 e. The normalized spacial score (nSPS) is 20.4. The van der Waals surface area contributed by atoms with Crippen molar-refractivity contribution in [2.75, 3.05) is 47.0 Å². The first-order valence-electron chi connectivity index (χ1n) is 6.70. The van der Waals surface area contributed by atoms with Crippen LogP contribution in [0.1, 0.15) is 26.2 Å². The van der Waals surface area contributed by atoms with E-state index in [2.05, 4.69) is 10.2 Å². The van der Waals surface area contributed by atoms with Gasteiger partial charge in [-0.05, 0) is 39.8 Å². The van der Waals surface area contributed by atoms with Crippen molar-refractivity contribution in [1.82, 2.24) is 10.2 Å². The van der Waals surface area contributed by atoms with Crippen LogP contribution in [0.5, 0.6) is 0 Å². The van der Waals surface area contributed by atoms with Gasteiger partial charge < -0.3 is 14.8 Å². The molecule has 18 heavy (non-hydrogen) atoms. The summed E-state index contributed by atoms with van der Waals surface area (Å²) >= 11 is 0. The molecule has 0 aromatic carbocycles. The Balaban J connectivity index is 2.20. The van der Waals surface area contributed by atoms with E-state index < -0.39 is 5.54 Å². The minimum absolute atomic E-state index is 0.184. The predicted molar refractivity (Wildman–Crippen MR) is 70.6 cm³/mol. The summed E-state index contributed by atoms with van der Waals surface area (Å²) in [6.45, 7) is 6.73. The van der Waals surface area contributed by atoms with Gasteiger partial charge in [-0.3, -0.25) is 9.69 Å². The maximum atomic E-state index is 11.6. The van der Waals surface area contributed by atoms with Crippen LogP contribution < -0.4 is 5.32 Å². The predicted octanol–water partition coefficient (Wildman–Crippen LogP) is 0.640. The van der Waals surface area contributed by atoms with Gasteiger partial charge in [0.05, 0.1) is 20.3 Å². The summed E-state index contributed by atoms with van der Waals surface area (Å²) in [5, 5.41) is 3.06. The zero-order valence-corrected chi connectivity index (χ0v) is 11.8. The molecule has 1 aliphatic rings. The van der Waals surface area contributed by atoms with Gasteiger partial charge in [-0.25, -0.2) is 0 Å². The van der Waals surface area contributed by atoms with E-state index in [1.54, 1.807) is 7.05 Å². The Morgan fingerprint density at radius 1 is 1.39 bits per heavy atom. The smallest absolute Gasteiger partial charge is 0.325 e. The van der Waals surface area contributed by atoms with Crippen LogP contribution in [0.2, 0.25) is 0 Å². The molecular weight excluding hydrogens is 232 g/mol. The Morgan fingerprint density at radius 2 is 2.06 bits per heavy atom. The van der Waals surface area contributed by atoms with Crippen LogP contribution >= 0.6 is 0 Å². The Morgan fingerprint density at radius 3 is 2.61 bits per heavy atom. The van der Waals surface area contributed by atoms with Crippen molar-refractivity contribution in [1.29, 1.82) is 0 Å². The minimum Gasteiger partial charge on any atom is -0.468 e. The summed E-state index contributed by atoms with van der Waals surface area (Å²) in [6.07, 6.45) is 2.93. The van der Waals surface area contributed by atoms with Gasteiger partial charge in [-0.15, -0.1) is 0 Å². The zero-order valence-electron chi connectivity index (χ0n) is 11.8. The first-order valence-corrected chi connectivity index (χ1v) is 6.70. The van der Waals surface area contributed by atoms with Crippen molar-refractivity contribution < 1.29 is 14.3 Å². The molecule has 0 aromatic rings. The van der Waals surface area contributed by atoms with E-state index in [4.69, 9.17) is 9.47 Å². The van der Waals surface area contributed by atoms with E-state index in [0.717, 1.165) is 52.1 Å². The first kappa shape index (κ1) is 15.4. The summed E-state index contributed by atoms with van der Waals surface area (Å²) in [5.74, 6) is -0.184. The van der Waals surface area contributed by atoms with Crippen LogP contribution in [0.15, 0.2) is 0 Å². The van der Waals surface area contributed by atoms with Crippen LogP contribution in [0, 0.1) is 0 Å². The largest absolute Gasteiger partial charge is 0.468 e. The second-order valence-corrected chi connectivity index (χ2v) is 4.98. The Labute approximate surface area is 110 Å². The van der Waals surface area contributed by atoms with Crippen molar-refractivity contribution in [3.05, 3.63) is 0 Å². The van der Waals surface area contributed by atoms with Crippen LogP contribution in [0.3, 0.4) is 0 Å². The lowest BCUT2D eigenvalue weighted by Crippen LogP contribution is -2.48. The van der Waals surface area contributed by atoms with Crippen molar-refractivity contribution in [3.63, 3.8) is 0 Å². The number of nitrogens with zero attached hydrogens (tertiary/aromatic N) is 1. The minimum atomic E-state index is -0.556. The van der Waals surface area contributed by atoms with Crippen LogP contribution in [-0.4, -0.2) is 63.4 Å². The van der Waals surface area contributed by atoms with Gasteiger partial charge in [0.25, 0.3) is 0 Å². The molecule has 0 spiro atoms. The quantitative estimate of drug-likeness (QED) is 0.536. The van der Waals surface area contributed by atoms with Crippen molar-refractivity contribution in [2.45, 2.75) is 31.7 Å². The number of esters is 1. The second kappa shape index (κ2) is 7.71. The van der Waals surface area contributed by atoms with Crippen LogP contribution in [0.4, 0.5) is 0 Å². The highest BCUT2D eigenvalue weighted by Gasteiger charge is 2.31. The third-order valence-electron chi connectivity index (χ3n) is 3.69. The summed E-state index contributed by atoms with van der Waals surface area (Å²) < 4.78 is 10.1. The number of rotatable bonds is 7. The third kappa shape index (κ3) is 4.55. The van der Waals surface area contributed by atoms with E-state index in [-0.39, 0.29) is 5.97 Å². The molecule has 1 atom stereocenters. The molecule has 5 nitrogen and oxygen atoms in total. The Bertz CT molecular complexity index is 255. The number of ether oxygens (including phenoxy) is 2. The molecule has 1 aliphatic heterocycles. The molecule has 1 rings (SSSR count). The summed E-state index contributed by atoms with van der Waals surface area (Å²) in [7, 11) is 3.24. The van der Waals surface area contributed by atoms with Gasteiger partial charge in [0.15, 0.2) is 0 Å². The van der Waals surface area contributed by atoms with Gasteiger partial charge in [0.1, 0.15) is 5.54 Å². The first-order chi connectivity index (χ1) is 8.62. The van der Waals surface area contributed by atoms with Crippen molar-refractivity contribution >= 4 is 5.97 Å². The Kier molecular flexibility index (Phi) is 6.60. The molecule has 0 aromatic heterocycles. The average Bonchev–Trinajstić information content (AvgIpc) is 2.43. The summed E-state index contributed by atoms with van der Waals surface area (Å²) in [5.41, 5.74) is -0.556. The van der Waals surface area contributed by atoms with Crippen molar-refractivity contribution in [3.8, 4) is 0 Å². The molecule has 0 aliphatic carbocycles. The van der Waals surface area contributed by atoms with Crippen LogP contribution in [-0.2, 0) is 14.3 Å². The maximum absolute atomic E-state index is 11.6. The Hall–Kier alpha value is -0.650. The molecule has 0 saturated carbocycles. The van der Waals surface area contributed by atoms with E-state index in [0.29, 0.717) is 0 Å². The molecule has 0 radical (unpaired) electrons. The number of nitrogens with one attached hydrogen (secondary N) is 1. The van der Waals surface area contributed by atoms with E-state index >= 15 is 0 Å². The van der Waals surface area contributed by atoms with E-state index in [1.807, 2.05) is 6.92 Å². The third-order valence-corrected chi connectivity index (χ3v) is 3.69. The molecule has 1 fully saturated rings. The van der Waals surface area contributed by atoms with Gasteiger partial charge in [-0.2, -0.15) is 0 Å². The van der Waals surface area contributed by atoms with Crippen LogP contribution in [0.25, 0.3) is 0 Å². The number of likely N-dealkylation sites (N-methyl/N-ethyl adjacent to an activating group) is 1. The molecule has 1 heterocycles. The molecule has 1 unspecified atom stereocenters. The van der Waals surface area contributed by atoms with Gasteiger partial charge in [0.2, 0.25) is 0 Å². The van der Waals surface area contributed by atoms with Gasteiger partial charge in [-0.1, -0.05) is 0 Å². The van der Waals surface area contributed by atoms with Crippen molar-refractivity contribution in [2.24, 2.45) is 0 Å². The fraction of sp³-hybridized carbons (Fsp3) is 0.923. The number of methoxy groups -OCH3 is 1. The monoisotopic (exact) mass is 258 g/mol. The molecule has 0 amide bonds. The van der Waals surface area contributed by atoms with Gasteiger partial charge in [0, 0.05) is 13.1 Å². The second-order valence-electron chi connectivity index (χ2n) is 4.98. The molecule has 1 N–H and O–H groups in total. The number of carbonyl (C=O) groups excluding carboxylic acids is 1. The standard InChI is InChI=1S/C13H26N2O3/c1-13(14-2,12(16)17-3)6-4-5-7-15-8-10-18-11-9-15/h14H,4-11H2,1-3H3. The molecule has 1 saturated heterocycles. The molecule has 106 valence electrons. The lowest BCUT2D eigenvalue weighted by Gasteiger charge is -2.28. The van der Waals surface area contributed by atoms with Gasteiger partial charge >= 0.3 is 5.97 Å². The van der Waals surface area contributed by atoms with E-state index in [1.165, 1.54) is 7.11 Å². The number of hydrogen-bond donors (Lipinski definition) is 1. The fourth-order valence-corrected chi connectivity index (χ4v) is 2.19. The highest BCUT2D eigenvalue weighted by atomic mass is 16.5. The lowest BCUT2D eigenvalue weighted by atomic mass is 9.95. The number of hydrogen-bond acceptors (Lipinski definition) is 5. The molecule has 5 heteroatoms. The number of unbranched alkanes of at least 4 members (excludes halogenated alkanes) is 1. The highest BCUT2D eigenvalue weighted by molar-refractivity contribution is 5.80. The fourth-order valence-electron chi connectivity index (χ4n) is 2.19. The number of morpholine rings is 1. The topological polar surface area (TPSA) is 50.8 Å². The molecule has 0 bridgehead atoms. The molecular formula is C13H26N2O3. The zero-order chi connectivity index (χ0) is 13.4. The SMILES string of the molecule is CNC(C)(CCCCN1CCOCC1)C(=O)OC. The summed E-state index contributed by atoms with van der Waals surface area (Å²) in [6, 6.07) is 0. The highest BCUT2D eigenvalue weighted by Crippen LogP contribution is 2.15.